The van der Waals surface area contributed by atoms with Crippen LogP contribution in [0.4, 0.5) is 0 Å². The Balaban J connectivity index is -0.000000576. The van der Waals surface area contributed by atoms with Gasteiger partial charge in [0.05, 0.1) is 13.2 Å². The van der Waals surface area contributed by atoms with Crippen LogP contribution in [0.25, 0.3) is 0 Å². The quantitative estimate of drug-likeness (QED) is 0.164. The molecule has 170 valence electrons. The largest absolute Gasteiger partial charge is 3.00 e. The topological polar surface area (TPSA) is 275 Å². The summed E-state index contributed by atoms with van der Waals surface area (Å²) < 4.78 is 15.4. The van der Waals surface area contributed by atoms with Gasteiger partial charge in [-0.2, -0.15) is 0 Å². The summed E-state index contributed by atoms with van der Waals surface area (Å²) in [5, 5.41) is 76.7. The molecule has 2 saturated heterocycles. The Morgan fingerprint density at radius 3 is 1.61 bits per heavy atom. The van der Waals surface area contributed by atoms with E-state index in [1.165, 1.54) is 0 Å². The summed E-state index contributed by atoms with van der Waals surface area (Å²) in [7, 11) is 0. The monoisotopic (exact) mass is 502 g/mol. The molecule has 0 amide bonds. The maximum Gasteiger partial charge on any atom is 3.00 e. The molecule has 28 heavy (non-hydrogen) atoms. The van der Waals surface area contributed by atoms with Gasteiger partial charge in [-0.25, -0.2) is 0 Å². The Kier molecular flexibility index (Phi) is 18.6. The number of rotatable bonds is 5. The molecule has 2 rings (SSSR count). The molecule has 0 aromatic rings. The van der Waals surface area contributed by atoms with E-state index >= 15 is 0 Å². The fourth-order valence-corrected chi connectivity index (χ4v) is 2.63. The summed E-state index contributed by atoms with van der Waals surface area (Å²) in [6.07, 6.45) is -12.7. The van der Waals surface area contributed by atoms with Gasteiger partial charge in [0, 0.05) is 0 Å². The summed E-state index contributed by atoms with van der Waals surface area (Å²) in [5.41, 5.74) is 0. The molecule has 0 aliphatic carbocycles. The second-order valence-corrected chi connectivity index (χ2v) is 5.56. The van der Waals surface area contributed by atoms with E-state index in [0.717, 1.165) is 0 Å². The Bertz CT molecular complexity index is 407. The van der Waals surface area contributed by atoms with Crippen LogP contribution in [-0.2, 0) is 64.8 Å². The van der Waals surface area contributed by atoms with Crippen LogP contribution in [0.5, 0.6) is 0 Å². The smallest absolute Gasteiger partial charge is 2.00 e. The normalized spacial score (nSPS) is 42.0. The third kappa shape index (κ3) is 6.49. The van der Waals surface area contributed by atoms with E-state index in [4.69, 9.17) is 24.4 Å². The first kappa shape index (κ1) is 35.9. The van der Waals surface area contributed by atoms with Crippen molar-refractivity contribution in [3.8, 4) is 0 Å². The second kappa shape index (κ2) is 14.5. The van der Waals surface area contributed by atoms with Gasteiger partial charge in [0.15, 0.2) is 6.29 Å². The minimum absolute atomic E-state index is 0. The first-order valence-corrected chi connectivity index (χ1v) is 7.05. The molecule has 0 bridgehead atoms. The van der Waals surface area contributed by atoms with Crippen LogP contribution >= 0.6 is 0 Å². The van der Waals surface area contributed by atoms with Crippen LogP contribution in [-0.4, -0.2) is 115 Å². The zero-order chi connectivity index (χ0) is 17.4. The van der Waals surface area contributed by atoms with E-state index < -0.39 is 74.6 Å². The van der Waals surface area contributed by atoms with Gasteiger partial charge in [0.25, 0.3) is 0 Å². The van der Waals surface area contributed by atoms with Crippen molar-refractivity contribution < 1.29 is 106 Å². The molecule has 0 aromatic carbocycles. The standard InChI is InChI=1S/C12H22O11.2Fe.3O/c13-1-4-6(16)8(18)9(19)11(21-4)23-12(3-15)10(20)7(17)5(2-14)22-12;;;;;/h4-11,13-20H,1-3H2;;;;;/q;2*+3;3*-2/t4?,5?,6?,7?,8?,9-,10+,11?,12+;;;;;/m1...../s1. The van der Waals surface area contributed by atoms with E-state index in [9.17, 15) is 30.6 Å². The van der Waals surface area contributed by atoms with Gasteiger partial charge >= 0.3 is 34.1 Å². The molecule has 0 spiro atoms. The van der Waals surface area contributed by atoms with E-state index in [1.807, 2.05) is 0 Å². The first-order valence-electron chi connectivity index (χ1n) is 7.05. The zero-order valence-electron chi connectivity index (χ0n) is 14.0. The molecule has 16 heteroatoms. The van der Waals surface area contributed by atoms with Crippen molar-refractivity contribution in [1.82, 2.24) is 0 Å². The maximum atomic E-state index is 10.00. The molecule has 9 atom stereocenters. The summed E-state index contributed by atoms with van der Waals surface area (Å²) in [6.45, 7) is -2.32. The predicted molar refractivity (Wildman–Crippen MR) is 70.7 cm³/mol. The Labute approximate surface area is 180 Å². The molecule has 2 aliphatic heterocycles. The van der Waals surface area contributed by atoms with Crippen molar-refractivity contribution in [2.24, 2.45) is 0 Å². The molecular formula is C12H22Fe2O14. The van der Waals surface area contributed by atoms with Crippen LogP contribution in [0.3, 0.4) is 0 Å². The van der Waals surface area contributed by atoms with Crippen molar-refractivity contribution in [3.63, 3.8) is 0 Å². The Morgan fingerprint density at radius 1 is 0.714 bits per heavy atom. The average molecular weight is 502 g/mol. The van der Waals surface area contributed by atoms with E-state index in [1.54, 1.807) is 0 Å². The fraction of sp³-hybridized carbons (Fsp3) is 1.00. The third-order valence-corrected chi connectivity index (χ3v) is 4.07. The molecule has 14 nitrogen and oxygen atoms in total. The van der Waals surface area contributed by atoms with Crippen molar-refractivity contribution in [1.29, 1.82) is 0 Å². The molecule has 0 aromatic heterocycles. The van der Waals surface area contributed by atoms with Crippen molar-refractivity contribution >= 4 is 0 Å². The SMILES string of the molecule is OCC1OC(O[C@]2(CO)OC(CO)C(O)[C@@H]2O)[C@H](O)C(O)C1O.[Fe+3].[Fe+3].[O-2].[O-2].[O-2]. The number of hydrogen-bond donors (Lipinski definition) is 8. The van der Waals surface area contributed by atoms with Crippen molar-refractivity contribution in [2.45, 2.75) is 54.8 Å². The van der Waals surface area contributed by atoms with Gasteiger partial charge in [-0.1, -0.05) is 0 Å². The van der Waals surface area contributed by atoms with Crippen LogP contribution in [0, 0.1) is 0 Å². The number of aliphatic hydroxyl groups is 8. The van der Waals surface area contributed by atoms with Gasteiger partial charge in [0.2, 0.25) is 5.79 Å². The van der Waals surface area contributed by atoms with Gasteiger partial charge in [-0.15, -0.1) is 0 Å². The number of ether oxygens (including phenoxy) is 3. The molecule has 2 heterocycles. The summed E-state index contributed by atoms with van der Waals surface area (Å²) in [6, 6.07) is 0. The van der Waals surface area contributed by atoms with E-state index in [0.29, 0.717) is 0 Å². The minimum Gasteiger partial charge on any atom is -2.00 e. The number of hydrogen-bond acceptors (Lipinski definition) is 11. The van der Waals surface area contributed by atoms with Crippen molar-refractivity contribution in [2.75, 3.05) is 19.8 Å². The van der Waals surface area contributed by atoms with Crippen LogP contribution in [0.15, 0.2) is 0 Å². The number of aliphatic hydroxyl groups excluding tert-OH is 8. The summed E-state index contributed by atoms with van der Waals surface area (Å²) in [4.78, 5) is 0. The second-order valence-electron chi connectivity index (χ2n) is 5.56. The first-order chi connectivity index (χ1) is 10.8. The van der Waals surface area contributed by atoms with Crippen LogP contribution in [0.2, 0.25) is 0 Å². The molecule has 2 aliphatic rings. The maximum absolute atomic E-state index is 10.00. The molecule has 8 N–H and O–H groups in total. The van der Waals surface area contributed by atoms with Gasteiger partial charge < -0.3 is 71.5 Å². The van der Waals surface area contributed by atoms with Gasteiger partial charge in [-0.3, -0.25) is 0 Å². The molecule has 2 fully saturated rings. The van der Waals surface area contributed by atoms with Crippen LogP contribution < -0.4 is 0 Å². The zero-order valence-corrected chi connectivity index (χ0v) is 16.2. The van der Waals surface area contributed by atoms with E-state index in [2.05, 4.69) is 0 Å². The summed E-state index contributed by atoms with van der Waals surface area (Å²) in [5.74, 6) is -2.22. The molecule has 0 saturated carbocycles. The fourth-order valence-electron chi connectivity index (χ4n) is 2.63. The van der Waals surface area contributed by atoms with Gasteiger partial charge in [0.1, 0.15) is 49.3 Å². The molecular weight excluding hydrogens is 480 g/mol. The average Bonchev–Trinajstić information content (AvgIpc) is 2.80. The Hall–Kier alpha value is 0.479. The molecule has 2 radical (unpaired) electrons. The minimum atomic E-state index is -2.22. The third-order valence-electron chi connectivity index (χ3n) is 4.07. The predicted octanol–water partition coefficient (Wildman–Crippen LogP) is -5.76. The molecule has 6 unspecified atom stereocenters. The van der Waals surface area contributed by atoms with Gasteiger partial charge in [-0.05, 0) is 0 Å². The van der Waals surface area contributed by atoms with Crippen molar-refractivity contribution in [3.05, 3.63) is 0 Å². The van der Waals surface area contributed by atoms with E-state index in [-0.39, 0.29) is 50.6 Å². The summed E-state index contributed by atoms with van der Waals surface area (Å²) >= 11 is 0. The van der Waals surface area contributed by atoms with Crippen LogP contribution in [0.1, 0.15) is 0 Å². The Morgan fingerprint density at radius 2 is 1.21 bits per heavy atom.